The normalized spacial score (nSPS) is 16.8. The number of anilines is 1. The second-order valence-electron chi connectivity index (χ2n) is 3.88. The van der Waals surface area contributed by atoms with E-state index in [9.17, 15) is 4.79 Å². The highest BCUT2D eigenvalue weighted by atomic mass is 35.5. The van der Waals surface area contributed by atoms with E-state index < -0.39 is 0 Å². The van der Waals surface area contributed by atoms with Crippen molar-refractivity contribution in [2.24, 2.45) is 0 Å². The van der Waals surface area contributed by atoms with E-state index in [-0.39, 0.29) is 24.0 Å². The first-order valence-corrected chi connectivity index (χ1v) is 5.21. The van der Waals surface area contributed by atoms with E-state index in [1.54, 1.807) is 18.6 Å². The van der Waals surface area contributed by atoms with Gasteiger partial charge in [-0.2, -0.15) is 0 Å². The van der Waals surface area contributed by atoms with Crippen molar-refractivity contribution in [3.8, 4) is 0 Å². The van der Waals surface area contributed by atoms with Crippen LogP contribution in [0.4, 0.5) is 5.69 Å². The van der Waals surface area contributed by atoms with Gasteiger partial charge in [0.05, 0.1) is 6.04 Å². The number of rotatable bonds is 1. The zero-order valence-electron chi connectivity index (χ0n) is 9.01. The molecule has 1 atom stereocenters. The number of nitrogens with zero attached hydrogens (tertiary/aromatic N) is 1. The molecule has 0 saturated carbocycles. The summed E-state index contributed by atoms with van der Waals surface area (Å²) in [5, 5.41) is 3.34. The smallest absolute Gasteiger partial charge is 0.253 e. The highest BCUT2D eigenvalue weighted by Crippen LogP contribution is 2.31. The lowest BCUT2D eigenvalue weighted by molar-refractivity contribution is 0.816. The largest absolute Gasteiger partial charge is 0.377 e. The maximum absolute atomic E-state index is 11.6. The third kappa shape index (κ3) is 2.03. The molecule has 5 heteroatoms. The Morgan fingerprint density at radius 2 is 2.00 bits per heavy atom. The molecule has 88 valence electrons. The number of aromatic amines is 1. The molecule has 1 aliphatic rings. The molecule has 2 aromatic rings. The van der Waals surface area contributed by atoms with Crippen LogP contribution in [-0.2, 0) is 6.42 Å². The van der Waals surface area contributed by atoms with Gasteiger partial charge in [0.1, 0.15) is 0 Å². The number of halogens is 1. The summed E-state index contributed by atoms with van der Waals surface area (Å²) in [6.45, 7) is 0. The Balaban J connectivity index is 0.00000108. The predicted octanol–water partition coefficient (Wildman–Crippen LogP) is 1.90. The van der Waals surface area contributed by atoms with Crippen LogP contribution in [0.25, 0.3) is 0 Å². The summed E-state index contributed by atoms with van der Waals surface area (Å²) in [5.41, 5.74) is 2.93. The summed E-state index contributed by atoms with van der Waals surface area (Å²) >= 11 is 0. The number of H-pyrrole nitrogens is 1. The first-order chi connectivity index (χ1) is 7.84. The van der Waals surface area contributed by atoms with Gasteiger partial charge in [0.25, 0.3) is 5.56 Å². The summed E-state index contributed by atoms with van der Waals surface area (Å²) in [5.74, 6) is 0. The van der Waals surface area contributed by atoms with Gasteiger partial charge in [0, 0.05) is 36.3 Å². The van der Waals surface area contributed by atoms with E-state index in [0.717, 1.165) is 23.2 Å². The van der Waals surface area contributed by atoms with E-state index in [1.165, 1.54) is 0 Å². The van der Waals surface area contributed by atoms with Crippen molar-refractivity contribution in [3.05, 3.63) is 58.3 Å². The fourth-order valence-electron chi connectivity index (χ4n) is 2.09. The van der Waals surface area contributed by atoms with Crippen LogP contribution in [-0.4, -0.2) is 9.97 Å². The topological polar surface area (TPSA) is 57.8 Å². The first-order valence-electron chi connectivity index (χ1n) is 5.21. The van der Waals surface area contributed by atoms with Gasteiger partial charge in [-0.15, -0.1) is 12.4 Å². The molecule has 2 aromatic heterocycles. The Hall–Kier alpha value is -1.81. The van der Waals surface area contributed by atoms with Crippen LogP contribution < -0.4 is 10.9 Å². The van der Waals surface area contributed by atoms with Gasteiger partial charge in [-0.1, -0.05) is 0 Å². The lowest BCUT2D eigenvalue weighted by atomic mass is 10.1. The van der Waals surface area contributed by atoms with Crippen molar-refractivity contribution in [3.63, 3.8) is 0 Å². The molecule has 0 spiro atoms. The van der Waals surface area contributed by atoms with Crippen molar-refractivity contribution in [1.29, 1.82) is 0 Å². The first kappa shape index (κ1) is 11.7. The molecule has 0 bridgehead atoms. The van der Waals surface area contributed by atoms with Crippen LogP contribution in [0.3, 0.4) is 0 Å². The Labute approximate surface area is 105 Å². The van der Waals surface area contributed by atoms with Gasteiger partial charge in [-0.25, -0.2) is 0 Å². The monoisotopic (exact) mass is 249 g/mol. The zero-order valence-corrected chi connectivity index (χ0v) is 9.83. The fraction of sp³-hybridized carbons (Fsp3) is 0.167. The summed E-state index contributed by atoms with van der Waals surface area (Å²) in [6.07, 6.45) is 5.94. The quantitative estimate of drug-likeness (QED) is 0.812. The Bertz CT molecular complexity index is 567. The predicted molar refractivity (Wildman–Crippen MR) is 68.6 cm³/mol. The van der Waals surface area contributed by atoms with E-state index in [0.29, 0.717) is 0 Å². The molecule has 2 N–H and O–H groups in total. The summed E-state index contributed by atoms with van der Waals surface area (Å²) < 4.78 is 0. The Morgan fingerprint density at radius 1 is 1.24 bits per heavy atom. The van der Waals surface area contributed by atoms with Gasteiger partial charge in [-0.3, -0.25) is 9.78 Å². The SMILES string of the molecule is Cl.O=c1[nH]ccc2c1CC(c1ccncc1)N2. The highest BCUT2D eigenvalue weighted by molar-refractivity contribution is 5.85. The molecule has 17 heavy (non-hydrogen) atoms. The molecule has 0 aromatic carbocycles. The summed E-state index contributed by atoms with van der Waals surface area (Å²) in [6, 6.07) is 6.02. The molecule has 0 saturated heterocycles. The van der Waals surface area contributed by atoms with Crippen LogP contribution in [0.1, 0.15) is 17.2 Å². The molecule has 0 radical (unpaired) electrons. The minimum atomic E-state index is 0. The lowest BCUT2D eigenvalue weighted by Gasteiger charge is -2.10. The van der Waals surface area contributed by atoms with Gasteiger partial charge in [0.15, 0.2) is 0 Å². The highest BCUT2D eigenvalue weighted by Gasteiger charge is 2.23. The molecular weight excluding hydrogens is 238 g/mol. The third-order valence-corrected chi connectivity index (χ3v) is 2.91. The van der Waals surface area contributed by atoms with Crippen LogP contribution in [0.15, 0.2) is 41.6 Å². The van der Waals surface area contributed by atoms with Crippen LogP contribution in [0, 0.1) is 0 Å². The maximum atomic E-state index is 11.6. The van der Waals surface area contributed by atoms with Crippen molar-refractivity contribution in [1.82, 2.24) is 9.97 Å². The Morgan fingerprint density at radius 3 is 2.71 bits per heavy atom. The minimum Gasteiger partial charge on any atom is -0.377 e. The van der Waals surface area contributed by atoms with E-state index in [4.69, 9.17) is 0 Å². The van der Waals surface area contributed by atoms with E-state index in [2.05, 4.69) is 15.3 Å². The molecule has 1 aliphatic heterocycles. The summed E-state index contributed by atoms with van der Waals surface area (Å²) in [4.78, 5) is 18.3. The molecule has 0 aliphatic carbocycles. The zero-order chi connectivity index (χ0) is 11.0. The van der Waals surface area contributed by atoms with Gasteiger partial charge in [-0.05, 0) is 23.8 Å². The van der Waals surface area contributed by atoms with Crippen LogP contribution >= 0.6 is 12.4 Å². The number of fused-ring (bicyclic) bond motifs is 1. The van der Waals surface area contributed by atoms with Crippen molar-refractivity contribution in [2.45, 2.75) is 12.5 Å². The fourth-order valence-corrected chi connectivity index (χ4v) is 2.09. The summed E-state index contributed by atoms with van der Waals surface area (Å²) in [7, 11) is 0. The number of pyridine rings is 2. The van der Waals surface area contributed by atoms with E-state index >= 15 is 0 Å². The second-order valence-corrected chi connectivity index (χ2v) is 3.88. The Kier molecular flexibility index (Phi) is 3.15. The lowest BCUT2D eigenvalue weighted by Crippen LogP contribution is -2.10. The number of nitrogens with one attached hydrogen (secondary N) is 2. The number of aromatic nitrogens is 2. The molecule has 0 amide bonds. The second kappa shape index (κ2) is 4.59. The van der Waals surface area contributed by atoms with Gasteiger partial charge >= 0.3 is 0 Å². The average Bonchev–Trinajstić information content (AvgIpc) is 2.76. The molecule has 1 unspecified atom stereocenters. The number of hydrogen-bond acceptors (Lipinski definition) is 3. The van der Waals surface area contributed by atoms with Crippen LogP contribution in [0.2, 0.25) is 0 Å². The van der Waals surface area contributed by atoms with Crippen LogP contribution in [0.5, 0.6) is 0 Å². The molecule has 3 heterocycles. The van der Waals surface area contributed by atoms with Crippen molar-refractivity contribution >= 4 is 18.1 Å². The molecule has 0 fully saturated rings. The average molecular weight is 250 g/mol. The van der Waals surface area contributed by atoms with Gasteiger partial charge in [0.2, 0.25) is 0 Å². The molecule has 4 nitrogen and oxygen atoms in total. The maximum Gasteiger partial charge on any atom is 0.253 e. The van der Waals surface area contributed by atoms with Crippen molar-refractivity contribution in [2.75, 3.05) is 5.32 Å². The molecule has 3 rings (SSSR count). The number of hydrogen-bond donors (Lipinski definition) is 2. The third-order valence-electron chi connectivity index (χ3n) is 2.91. The van der Waals surface area contributed by atoms with Gasteiger partial charge < -0.3 is 10.3 Å². The molecular formula is C12H12ClN3O. The minimum absolute atomic E-state index is 0. The van der Waals surface area contributed by atoms with E-state index in [1.807, 2.05) is 18.2 Å². The standard InChI is InChI=1S/C12H11N3O.ClH/c16-12-9-7-11(8-1-4-13-5-2-8)15-10(9)3-6-14-12;/h1-6,11,15H,7H2,(H,14,16);1H. The van der Waals surface area contributed by atoms with Crippen molar-refractivity contribution < 1.29 is 0 Å².